The zero-order valence-electron chi connectivity index (χ0n) is 15.3. The van der Waals surface area contributed by atoms with Crippen molar-refractivity contribution in [3.05, 3.63) is 70.9 Å². The first-order valence-corrected chi connectivity index (χ1v) is 9.70. The Morgan fingerprint density at radius 2 is 1.82 bits per heavy atom. The lowest BCUT2D eigenvalue weighted by Crippen LogP contribution is -2.49. The summed E-state index contributed by atoms with van der Waals surface area (Å²) in [5.74, 6) is -0.815. The summed E-state index contributed by atoms with van der Waals surface area (Å²) in [5.41, 5.74) is 1.73. The minimum atomic E-state index is -0.924. The van der Waals surface area contributed by atoms with Crippen LogP contribution in [-0.4, -0.2) is 40.0 Å². The molecule has 28 heavy (non-hydrogen) atoms. The number of hydrogen-bond acceptors (Lipinski definition) is 2. The highest BCUT2D eigenvalue weighted by Crippen LogP contribution is 2.36. The molecule has 2 aromatic carbocycles. The van der Waals surface area contributed by atoms with Crippen molar-refractivity contribution >= 4 is 34.4 Å². The van der Waals surface area contributed by atoms with Crippen molar-refractivity contribution in [2.75, 3.05) is 13.1 Å². The highest BCUT2D eigenvalue weighted by Gasteiger charge is 2.43. The lowest BCUT2D eigenvalue weighted by molar-refractivity contribution is -0.148. The second-order valence-electron chi connectivity index (χ2n) is 7.31. The van der Waals surface area contributed by atoms with Gasteiger partial charge in [0.05, 0.1) is 11.8 Å². The van der Waals surface area contributed by atoms with Crippen molar-refractivity contribution in [2.24, 2.45) is 0 Å². The summed E-state index contributed by atoms with van der Waals surface area (Å²) in [6.07, 6.45) is 2.94. The number of likely N-dealkylation sites (tertiary alicyclic amines) is 1. The van der Waals surface area contributed by atoms with Gasteiger partial charge in [-0.3, -0.25) is 9.59 Å². The molecule has 3 aromatic rings. The van der Waals surface area contributed by atoms with Crippen molar-refractivity contribution in [1.82, 2.24) is 9.88 Å². The van der Waals surface area contributed by atoms with Gasteiger partial charge in [-0.1, -0.05) is 41.9 Å². The van der Waals surface area contributed by atoms with Crippen LogP contribution in [0.2, 0.25) is 5.02 Å². The minimum Gasteiger partial charge on any atom is -0.481 e. The van der Waals surface area contributed by atoms with Crippen LogP contribution in [0.5, 0.6) is 0 Å². The molecule has 0 spiro atoms. The Morgan fingerprint density at radius 3 is 2.50 bits per heavy atom. The molecule has 2 N–H and O–H groups in total. The molecule has 1 saturated heterocycles. The zero-order valence-corrected chi connectivity index (χ0v) is 16.1. The average molecular weight is 397 g/mol. The van der Waals surface area contributed by atoms with E-state index in [1.54, 1.807) is 4.90 Å². The van der Waals surface area contributed by atoms with Gasteiger partial charge in [-0.25, -0.2) is 0 Å². The number of piperidine rings is 1. The molecular formula is C22H21ClN2O3. The van der Waals surface area contributed by atoms with Crippen LogP contribution in [0.1, 0.15) is 24.0 Å². The number of carbonyl (C=O) groups excluding carboxylic acids is 1. The number of rotatable bonds is 4. The van der Waals surface area contributed by atoms with Crippen LogP contribution < -0.4 is 0 Å². The quantitative estimate of drug-likeness (QED) is 0.699. The first kappa shape index (κ1) is 18.6. The van der Waals surface area contributed by atoms with Gasteiger partial charge in [0.25, 0.3) is 0 Å². The predicted octanol–water partition coefficient (Wildman–Crippen LogP) is 4.01. The molecule has 0 bridgehead atoms. The summed E-state index contributed by atoms with van der Waals surface area (Å²) in [6.45, 7) is 0.867. The standard InChI is InChI=1S/C22H21ClN2O3/c23-17-6-7-19-18(13-17)15(14-24-19)12-20(26)25-10-8-22(9-11-25,21(27)28)16-4-2-1-3-5-16/h1-7,13-14,24H,8-12H2,(H,27,28). The number of aromatic amines is 1. The number of aliphatic carboxylic acids is 1. The SMILES string of the molecule is O=C(Cc1c[nH]c2ccc(Cl)cc12)N1CCC(C(=O)O)(c2ccccc2)CC1. The van der Waals surface area contributed by atoms with Gasteiger partial charge in [-0.15, -0.1) is 0 Å². The van der Waals surface area contributed by atoms with Gasteiger partial charge in [0.1, 0.15) is 0 Å². The molecule has 1 fully saturated rings. The number of carboxylic acid groups (broad SMARTS) is 1. The highest BCUT2D eigenvalue weighted by atomic mass is 35.5. The summed E-state index contributed by atoms with van der Waals surface area (Å²) in [5, 5.41) is 11.5. The van der Waals surface area contributed by atoms with Crippen LogP contribution in [0.3, 0.4) is 0 Å². The molecule has 1 aliphatic rings. The molecule has 1 amide bonds. The van der Waals surface area contributed by atoms with Crippen molar-refractivity contribution in [3.63, 3.8) is 0 Å². The number of nitrogens with one attached hydrogen (secondary N) is 1. The van der Waals surface area contributed by atoms with Gasteiger partial charge in [0.15, 0.2) is 0 Å². The topological polar surface area (TPSA) is 73.4 Å². The Balaban J connectivity index is 1.49. The Hall–Kier alpha value is -2.79. The molecule has 1 aromatic heterocycles. The number of halogens is 1. The van der Waals surface area contributed by atoms with Crippen LogP contribution in [0, 0.1) is 0 Å². The average Bonchev–Trinajstić information content (AvgIpc) is 3.10. The normalized spacial score (nSPS) is 16.2. The Bertz CT molecular complexity index is 1020. The van der Waals surface area contributed by atoms with Gasteiger partial charge >= 0.3 is 5.97 Å². The number of fused-ring (bicyclic) bond motifs is 1. The number of carboxylic acids is 1. The minimum absolute atomic E-state index is 0.00734. The van der Waals surface area contributed by atoms with Crippen molar-refractivity contribution in [1.29, 1.82) is 0 Å². The number of H-pyrrole nitrogens is 1. The van der Waals surface area contributed by atoms with Gasteiger partial charge < -0.3 is 15.0 Å². The number of amides is 1. The highest BCUT2D eigenvalue weighted by molar-refractivity contribution is 6.31. The Kier molecular flexibility index (Phi) is 4.85. The molecule has 0 atom stereocenters. The van der Waals surface area contributed by atoms with Crippen LogP contribution >= 0.6 is 11.6 Å². The first-order valence-electron chi connectivity index (χ1n) is 9.32. The van der Waals surface area contributed by atoms with E-state index in [1.807, 2.05) is 54.7 Å². The maximum atomic E-state index is 12.8. The van der Waals surface area contributed by atoms with E-state index < -0.39 is 11.4 Å². The largest absolute Gasteiger partial charge is 0.481 e. The lowest BCUT2D eigenvalue weighted by atomic mass is 9.73. The van der Waals surface area contributed by atoms with Crippen LogP contribution in [0.4, 0.5) is 0 Å². The maximum Gasteiger partial charge on any atom is 0.314 e. The molecule has 6 heteroatoms. The summed E-state index contributed by atoms with van der Waals surface area (Å²) >= 11 is 6.09. The van der Waals surface area contributed by atoms with E-state index in [4.69, 9.17) is 11.6 Å². The molecular weight excluding hydrogens is 376 g/mol. The van der Waals surface area contributed by atoms with Crippen molar-refractivity contribution in [3.8, 4) is 0 Å². The summed E-state index contributed by atoms with van der Waals surface area (Å²) in [7, 11) is 0. The van der Waals surface area contributed by atoms with Crippen LogP contribution in [-0.2, 0) is 21.4 Å². The fourth-order valence-electron chi connectivity index (χ4n) is 4.09. The van der Waals surface area contributed by atoms with Crippen LogP contribution in [0.25, 0.3) is 10.9 Å². The van der Waals surface area contributed by atoms with Crippen molar-refractivity contribution < 1.29 is 14.7 Å². The number of aromatic nitrogens is 1. The van der Waals surface area contributed by atoms with Gasteiger partial charge in [0.2, 0.25) is 5.91 Å². The fraction of sp³-hybridized carbons (Fsp3) is 0.273. The first-order chi connectivity index (χ1) is 13.5. The molecule has 0 aliphatic carbocycles. The number of carbonyl (C=O) groups is 2. The Morgan fingerprint density at radius 1 is 1.11 bits per heavy atom. The summed E-state index contributed by atoms with van der Waals surface area (Å²) in [4.78, 5) is 29.8. The molecule has 144 valence electrons. The molecule has 0 unspecified atom stereocenters. The second kappa shape index (κ2) is 7.32. The third-order valence-electron chi connectivity index (χ3n) is 5.78. The molecule has 2 heterocycles. The predicted molar refractivity (Wildman–Crippen MR) is 109 cm³/mol. The molecule has 1 aliphatic heterocycles. The number of nitrogens with zero attached hydrogens (tertiary/aromatic N) is 1. The monoisotopic (exact) mass is 396 g/mol. The third-order valence-corrected chi connectivity index (χ3v) is 6.01. The van der Waals surface area contributed by atoms with Gasteiger partial charge in [-0.2, -0.15) is 0 Å². The second-order valence-corrected chi connectivity index (χ2v) is 7.75. The molecule has 0 radical (unpaired) electrons. The van der Waals surface area contributed by atoms with E-state index in [9.17, 15) is 14.7 Å². The van der Waals surface area contributed by atoms with E-state index in [1.165, 1.54) is 0 Å². The fourth-order valence-corrected chi connectivity index (χ4v) is 4.26. The summed E-state index contributed by atoms with van der Waals surface area (Å²) < 4.78 is 0. The number of benzene rings is 2. The molecule has 5 nitrogen and oxygen atoms in total. The lowest BCUT2D eigenvalue weighted by Gasteiger charge is -2.39. The Labute approximate surface area is 167 Å². The third kappa shape index (κ3) is 3.27. The van der Waals surface area contributed by atoms with E-state index in [0.717, 1.165) is 22.0 Å². The van der Waals surface area contributed by atoms with E-state index in [-0.39, 0.29) is 12.3 Å². The maximum absolute atomic E-state index is 12.8. The molecule has 0 saturated carbocycles. The number of hydrogen-bond donors (Lipinski definition) is 2. The van der Waals surface area contributed by atoms with E-state index in [2.05, 4.69) is 4.98 Å². The smallest absolute Gasteiger partial charge is 0.314 e. The summed E-state index contributed by atoms with van der Waals surface area (Å²) in [6, 6.07) is 14.9. The van der Waals surface area contributed by atoms with Crippen molar-refractivity contribution in [2.45, 2.75) is 24.7 Å². The van der Waals surface area contributed by atoms with Gasteiger partial charge in [0, 0.05) is 35.2 Å². The van der Waals surface area contributed by atoms with E-state index >= 15 is 0 Å². The zero-order chi connectivity index (χ0) is 19.7. The van der Waals surface area contributed by atoms with Crippen LogP contribution in [0.15, 0.2) is 54.7 Å². The van der Waals surface area contributed by atoms with Gasteiger partial charge in [-0.05, 0) is 42.2 Å². The molecule has 4 rings (SSSR count). The van der Waals surface area contributed by atoms with E-state index in [0.29, 0.717) is 31.0 Å².